The molecule has 0 nitrogen and oxygen atoms in total. The highest BCUT2D eigenvalue weighted by molar-refractivity contribution is 5.92. The van der Waals surface area contributed by atoms with Crippen LogP contribution in [0.25, 0.3) is 32.3 Å². The van der Waals surface area contributed by atoms with Crippen molar-refractivity contribution in [1.29, 1.82) is 0 Å². The molecule has 0 heterocycles. The average Bonchev–Trinajstić information content (AvgIpc) is 2.84. The van der Waals surface area contributed by atoms with Gasteiger partial charge in [-0.2, -0.15) is 0 Å². The van der Waals surface area contributed by atoms with E-state index in [1.54, 1.807) is 0 Å². The van der Waals surface area contributed by atoms with Crippen molar-refractivity contribution >= 4 is 32.3 Å². The van der Waals surface area contributed by atoms with Crippen LogP contribution in [0.4, 0.5) is 0 Å². The van der Waals surface area contributed by atoms with Crippen molar-refractivity contribution in [1.82, 2.24) is 0 Å². The normalized spacial score (nSPS) is 18.0. The maximum atomic E-state index is 2.46. The zero-order valence-electron chi connectivity index (χ0n) is 17.5. The van der Waals surface area contributed by atoms with Crippen LogP contribution < -0.4 is 0 Å². The molecule has 2 bridgehead atoms. The number of fused-ring (bicyclic) bond motifs is 3. The standard InChI is InChI=1S/C32H20/c1-2-8-20-14-26-25(13-19(20)7-1)31-27-15-21-9-3-5-11-23(21)17-29(27)32(26)30-18-24-12-6-4-10-22(24)16-28(30)31/h1-18,31-32H. The van der Waals surface area contributed by atoms with Crippen LogP contribution in [0.15, 0.2) is 109 Å². The molecule has 0 saturated carbocycles. The van der Waals surface area contributed by atoms with Gasteiger partial charge in [0.15, 0.2) is 0 Å². The highest BCUT2D eigenvalue weighted by Gasteiger charge is 2.41. The highest BCUT2D eigenvalue weighted by atomic mass is 14.4. The van der Waals surface area contributed by atoms with Crippen molar-refractivity contribution in [2.24, 2.45) is 0 Å². The molecule has 0 radical (unpaired) electrons. The summed E-state index contributed by atoms with van der Waals surface area (Å²) in [5.74, 6) is 0.581. The predicted molar refractivity (Wildman–Crippen MR) is 134 cm³/mol. The quantitative estimate of drug-likeness (QED) is 0.239. The number of rotatable bonds is 0. The molecule has 0 amide bonds. The van der Waals surface area contributed by atoms with Gasteiger partial charge in [0, 0.05) is 11.8 Å². The van der Waals surface area contributed by atoms with Crippen molar-refractivity contribution in [2.75, 3.05) is 0 Å². The summed E-state index contributed by atoms with van der Waals surface area (Å²) in [5, 5.41) is 8.02. The SMILES string of the molecule is c1ccc2cc3c(cc2c1)C1c2cc4ccccc4cc2C3c2cc3ccccc3cc21. The lowest BCUT2D eigenvalue weighted by molar-refractivity contribution is 0.761. The first-order chi connectivity index (χ1) is 15.8. The van der Waals surface area contributed by atoms with E-state index >= 15 is 0 Å². The zero-order valence-corrected chi connectivity index (χ0v) is 17.5. The molecule has 0 spiro atoms. The monoisotopic (exact) mass is 404 g/mol. The second kappa shape index (κ2) is 5.87. The topological polar surface area (TPSA) is 0 Å². The first-order valence-electron chi connectivity index (χ1n) is 11.4. The summed E-state index contributed by atoms with van der Waals surface area (Å²) in [6.07, 6.45) is 0. The van der Waals surface area contributed by atoms with Crippen LogP contribution in [-0.2, 0) is 0 Å². The second-order valence-corrected chi connectivity index (χ2v) is 9.35. The molecular formula is C32H20. The summed E-state index contributed by atoms with van der Waals surface area (Å²) < 4.78 is 0. The van der Waals surface area contributed by atoms with Gasteiger partial charge in [-0.1, -0.05) is 72.8 Å². The van der Waals surface area contributed by atoms with E-state index in [2.05, 4.69) is 109 Å². The van der Waals surface area contributed by atoms with Crippen molar-refractivity contribution in [3.63, 3.8) is 0 Å². The van der Waals surface area contributed by atoms with Gasteiger partial charge in [0.05, 0.1) is 0 Å². The Bertz CT molecular complexity index is 1400. The van der Waals surface area contributed by atoms with Crippen molar-refractivity contribution < 1.29 is 0 Å². The van der Waals surface area contributed by atoms with Crippen LogP contribution >= 0.6 is 0 Å². The van der Waals surface area contributed by atoms with Gasteiger partial charge in [-0.3, -0.25) is 0 Å². The van der Waals surface area contributed by atoms with Crippen LogP contribution in [-0.4, -0.2) is 0 Å². The number of hydrogen-bond acceptors (Lipinski definition) is 0. The molecule has 0 fully saturated rings. The Balaban J connectivity index is 1.52. The summed E-state index contributed by atoms with van der Waals surface area (Å²) in [4.78, 5) is 0. The molecule has 0 atom stereocenters. The second-order valence-electron chi connectivity index (χ2n) is 9.35. The van der Waals surface area contributed by atoms with Gasteiger partial charge in [-0.15, -0.1) is 0 Å². The largest absolute Gasteiger partial charge is 0.0616 e. The van der Waals surface area contributed by atoms with E-state index < -0.39 is 0 Å². The summed E-state index contributed by atoms with van der Waals surface area (Å²) >= 11 is 0. The Morgan fingerprint density at radius 3 is 0.656 bits per heavy atom. The van der Waals surface area contributed by atoms with Crippen LogP contribution in [0, 0.1) is 0 Å². The predicted octanol–water partition coefficient (Wildman–Crippen LogP) is 8.13. The van der Waals surface area contributed by atoms with Gasteiger partial charge >= 0.3 is 0 Å². The Morgan fingerprint density at radius 2 is 0.469 bits per heavy atom. The molecule has 0 aliphatic heterocycles. The van der Waals surface area contributed by atoms with E-state index in [0.717, 1.165) is 0 Å². The molecule has 6 aromatic carbocycles. The molecule has 0 unspecified atom stereocenters. The highest BCUT2D eigenvalue weighted by Crippen LogP contribution is 2.57. The maximum absolute atomic E-state index is 2.46. The summed E-state index contributed by atoms with van der Waals surface area (Å²) in [5.41, 5.74) is 8.91. The molecule has 32 heavy (non-hydrogen) atoms. The fraction of sp³-hybridized carbons (Fsp3) is 0.0625. The molecule has 3 aliphatic carbocycles. The lowest BCUT2D eigenvalue weighted by atomic mass is 9.60. The van der Waals surface area contributed by atoms with Gasteiger partial charge in [0.1, 0.15) is 0 Å². The lowest BCUT2D eigenvalue weighted by Crippen LogP contribution is -2.27. The van der Waals surface area contributed by atoms with E-state index in [9.17, 15) is 0 Å². The lowest BCUT2D eigenvalue weighted by Gasteiger charge is -2.43. The molecule has 6 aromatic rings. The third-order valence-electron chi connectivity index (χ3n) is 7.72. The van der Waals surface area contributed by atoms with Gasteiger partial charge in [-0.25, -0.2) is 0 Å². The third-order valence-corrected chi connectivity index (χ3v) is 7.72. The summed E-state index contributed by atoms with van der Waals surface area (Å²) in [6, 6.07) is 41.2. The van der Waals surface area contributed by atoms with Gasteiger partial charge in [-0.05, 0) is 102 Å². The maximum Gasteiger partial charge on any atom is 0.0349 e. The van der Waals surface area contributed by atoms with Gasteiger partial charge in [0.25, 0.3) is 0 Å². The molecule has 9 rings (SSSR count). The molecule has 0 N–H and O–H groups in total. The minimum absolute atomic E-state index is 0.291. The average molecular weight is 405 g/mol. The summed E-state index contributed by atoms with van der Waals surface area (Å²) in [6.45, 7) is 0. The minimum Gasteiger partial charge on any atom is -0.0616 e. The van der Waals surface area contributed by atoms with Gasteiger partial charge < -0.3 is 0 Å². The third kappa shape index (κ3) is 2.07. The number of hydrogen-bond donors (Lipinski definition) is 0. The van der Waals surface area contributed by atoms with E-state index in [0.29, 0.717) is 11.8 Å². The summed E-state index contributed by atoms with van der Waals surface area (Å²) in [7, 11) is 0. The van der Waals surface area contributed by atoms with E-state index in [-0.39, 0.29) is 0 Å². The molecule has 148 valence electrons. The fourth-order valence-electron chi connectivity index (χ4n) is 6.33. The molecule has 0 aromatic heterocycles. The number of benzene rings is 6. The first kappa shape index (κ1) is 16.8. The zero-order chi connectivity index (χ0) is 20.8. The fourth-order valence-corrected chi connectivity index (χ4v) is 6.33. The van der Waals surface area contributed by atoms with Crippen LogP contribution in [0.2, 0.25) is 0 Å². The molecule has 0 saturated heterocycles. The van der Waals surface area contributed by atoms with Crippen molar-refractivity contribution in [3.8, 4) is 0 Å². The molecule has 3 aliphatic rings. The van der Waals surface area contributed by atoms with Crippen LogP contribution in [0.5, 0.6) is 0 Å². The molecule has 0 heteroatoms. The Labute approximate surface area is 186 Å². The van der Waals surface area contributed by atoms with E-state index in [4.69, 9.17) is 0 Å². The Morgan fingerprint density at radius 1 is 0.281 bits per heavy atom. The smallest absolute Gasteiger partial charge is 0.0349 e. The van der Waals surface area contributed by atoms with Crippen molar-refractivity contribution in [3.05, 3.63) is 143 Å². The minimum atomic E-state index is 0.291. The van der Waals surface area contributed by atoms with Gasteiger partial charge in [0.2, 0.25) is 0 Å². The van der Waals surface area contributed by atoms with E-state index in [1.165, 1.54) is 65.7 Å². The Kier molecular flexibility index (Phi) is 3.07. The van der Waals surface area contributed by atoms with Crippen molar-refractivity contribution in [2.45, 2.75) is 11.8 Å². The Hall–Kier alpha value is -3.90. The van der Waals surface area contributed by atoms with E-state index in [1.807, 2.05) is 0 Å². The van der Waals surface area contributed by atoms with Crippen LogP contribution in [0.1, 0.15) is 45.2 Å². The molecular weight excluding hydrogens is 384 g/mol. The first-order valence-corrected chi connectivity index (χ1v) is 11.4. The van der Waals surface area contributed by atoms with Crippen LogP contribution in [0.3, 0.4) is 0 Å².